The van der Waals surface area contributed by atoms with Crippen molar-refractivity contribution in [1.29, 1.82) is 0 Å². The topological polar surface area (TPSA) is 90.2 Å². The molecule has 0 amide bonds. The number of halogens is 2. The summed E-state index contributed by atoms with van der Waals surface area (Å²) in [4.78, 5) is 19.4. The molecule has 0 unspecified atom stereocenters. The standard InChI is InChI=1S/C19H16BrFN4O3S/c1-28-19-17(20)18(16(10-24-19)25(26)27)23-9-15-14(21)7-13(8-22-15)29-11-12-5-3-2-4-6-12/h2-8,10H,9,11H2,1H3,(H,23,24). The molecule has 1 aromatic carbocycles. The highest BCUT2D eigenvalue weighted by molar-refractivity contribution is 9.10. The number of thioether (sulfide) groups is 1. The lowest BCUT2D eigenvalue weighted by Gasteiger charge is -2.11. The van der Waals surface area contributed by atoms with Gasteiger partial charge in [0.25, 0.3) is 0 Å². The number of nitrogens with zero attached hydrogens (tertiary/aromatic N) is 3. The van der Waals surface area contributed by atoms with Crippen LogP contribution in [0.25, 0.3) is 0 Å². The number of anilines is 1. The zero-order valence-electron chi connectivity index (χ0n) is 15.3. The first-order valence-electron chi connectivity index (χ1n) is 8.41. The first-order valence-corrected chi connectivity index (χ1v) is 10.2. The van der Waals surface area contributed by atoms with Crippen LogP contribution in [0.3, 0.4) is 0 Å². The summed E-state index contributed by atoms with van der Waals surface area (Å²) in [6.45, 7) is -0.0396. The van der Waals surface area contributed by atoms with Crippen LogP contribution in [-0.2, 0) is 12.3 Å². The fourth-order valence-corrected chi connectivity index (χ4v) is 3.93. The highest BCUT2D eigenvalue weighted by atomic mass is 79.9. The summed E-state index contributed by atoms with van der Waals surface area (Å²) in [6.07, 6.45) is 2.67. The summed E-state index contributed by atoms with van der Waals surface area (Å²) in [5.74, 6) is 0.393. The molecule has 2 aromatic heterocycles. The predicted molar refractivity (Wildman–Crippen MR) is 113 cm³/mol. The van der Waals surface area contributed by atoms with Crippen LogP contribution in [0.4, 0.5) is 15.8 Å². The second-order valence-corrected chi connectivity index (χ2v) is 7.67. The molecule has 0 aliphatic heterocycles. The van der Waals surface area contributed by atoms with Crippen LogP contribution >= 0.6 is 27.7 Å². The molecular formula is C19H16BrFN4O3S. The van der Waals surface area contributed by atoms with Crippen LogP contribution in [0, 0.1) is 15.9 Å². The number of nitrogens with one attached hydrogen (secondary N) is 1. The number of nitro groups is 1. The maximum atomic E-state index is 14.5. The van der Waals surface area contributed by atoms with Crippen molar-refractivity contribution in [1.82, 2.24) is 9.97 Å². The molecule has 0 radical (unpaired) electrons. The van der Waals surface area contributed by atoms with Gasteiger partial charge < -0.3 is 10.1 Å². The van der Waals surface area contributed by atoms with Crippen molar-refractivity contribution in [2.75, 3.05) is 12.4 Å². The van der Waals surface area contributed by atoms with Gasteiger partial charge in [-0.2, -0.15) is 0 Å². The van der Waals surface area contributed by atoms with Crippen molar-refractivity contribution in [2.24, 2.45) is 0 Å². The molecular weight excluding hydrogens is 463 g/mol. The van der Waals surface area contributed by atoms with Crippen LogP contribution in [0.1, 0.15) is 11.3 Å². The Morgan fingerprint density at radius 2 is 2.03 bits per heavy atom. The van der Waals surface area contributed by atoms with Crippen LogP contribution in [0.2, 0.25) is 0 Å². The van der Waals surface area contributed by atoms with E-state index in [1.807, 2.05) is 30.3 Å². The quantitative estimate of drug-likeness (QED) is 0.270. The molecule has 0 aliphatic rings. The number of aromatic nitrogens is 2. The summed E-state index contributed by atoms with van der Waals surface area (Å²) in [7, 11) is 1.40. The molecule has 1 N–H and O–H groups in total. The van der Waals surface area contributed by atoms with E-state index < -0.39 is 10.7 Å². The van der Waals surface area contributed by atoms with Gasteiger partial charge in [0.05, 0.1) is 24.3 Å². The monoisotopic (exact) mass is 478 g/mol. The van der Waals surface area contributed by atoms with Gasteiger partial charge in [-0.05, 0) is 27.6 Å². The lowest BCUT2D eigenvalue weighted by Crippen LogP contribution is -2.08. The normalized spacial score (nSPS) is 10.6. The smallest absolute Gasteiger partial charge is 0.311 e. The third-order valence-electron chi connectivity index (χ3n) is 3.93. The maximum Gasteiger partial charge on any atom is 0.311 e. The summed E-state index contributed by atoms with van der Waals surface area (Å²) in [6, 6.07) is 11.3. The van der Waals surface area contributed by atoms with Gasteiger partial charge in [-0.15, -0.1) is 11.8 Å². The van der Waals surface area contributed by atoms with E-state index in [-0.39, 0.29) is 34.0 Å². The molecule has 0 spiro atoms. The molecule has 0 aliphatic carbocycles. The fraction of sp³-hybridized carbons (Fsp3) is 0.158. The first kappa shape index (κ1) is 21.0. The number of benzene rings is 1. The number of rotatable bonds is 8. The van der Waals surface area contributed by atoms with E-state index in [9.17, 15) is 14.5 Å². The summed E-state index contributed by atoms with van der Waals surface area (Å²) in [5.41, 5.74) is 1.16. The zero-order valence-corrected chi connectivity index (χ0v) is 17.7. The molecule has 0 saturated carbocycles. The van der Waals surface area contributed by atoms with E-state index in [2.05, 4.69) is 31.2 Å². The van der Waals surface area contributed by atoms with Gasteiger partial charge >= 0.3 is 5.69 Å². The zero-order chi connectivity index (χ0) is 20.8. The van der Waals surface area contributed by atoms with Gasteiger partial charge in [-0.25, -0.2) is 9.37 Å². The van der Waals surface area contributed by atoms with Crippen molar-refractivity contribution in [3.63, 3.8) is 0 Å². The van der Waals surface area contributed by atoms with Gasteiger partial charge in [0.1, 0.15) is 22.2 Å². The van der Waals surface area contributed by atoms with Crippen molar-refractivity contribution < 1.29 is 14.1 Å². The molecule has 3 aromatic rings. The Labute approximate surface area is 179 Å². The molecule has 29 heavy (non-hydrogen) atoms. The summed E-state index contributed by atoms with van der Waals surface area (Å²) in [5, 5.41) is 14.1. The molecule has 0 fully saturated rings. The molecule has 0 atom stereocenters. The van der Waals surface area contributed by atoms with Crippen LogP contribution in [-0.4, -0.2) is 22.0 Å². The van der Waals surface area contributed by atoms with E-state index in [1.54, 1.807) is 6.20 Å². The van der Waals surface area contributed by atoms with Gasteiger partial charge in [-0.1, -0.05) is 30.3 Å². The van der Waals surface area contributed by atoms with Crippen molar-refractivity contribution in [3.05, 3.63) is 80.5 Å². The largest absolute Gasteiger partial charge is 0.480 e. The van der Waals surface area contributed by atoms with Crippen molar-refractivity contribution >= 4 is 39.1 Å². The first-order chi connectivity index (χ1) is 14.0. The number of methoxy groups -OCH3 is 1. The second-order valence-electron chi connectivity index (χ2n) is 5.83. The lowest BCUT2D eigenvalue weighted by molar-refractivity contribution is -0.384. The number of pyridine rings is 2. The van der Waals surface area contributed by atoms with Gasteiger partial charge in [0.15, 0.2) is 0 Å². The lowest BCUT2D eigenvalue weighted by atomic mass is 10.2. The third-order valence-corrected chi connectivity index (χ3v) is 5.70. The highest BCUT2D eigenvalue weighted by Gasteiger charge is 2.22. The molecule has 7 nitrogen and oxygen atoms in total. The third kappa shape index (κ3) is 5.21. The van der Waals surface area contributed by atoms with Crippen LogP contribution < -0.4 is 10.1 Å². The van der Waals surface area contributed by atoms with E-state index in [4.69, 9.17) is 4.74 Å². The summed E-state index contributed by atoms with van der Waals surface area (Å²) >= 11 is 4.72. The molecule has 0 bridgehead atoms. The summed E-state index contributed by atoms with van der Waals surface area (Å²) < 4.78 is 19.8. The Morgan fingerprint density at radius 1 is 1.28 bits per heavy atom. The minimum absolute atomic E-state index is 0.0396. The van der Waals surface area contributed by atoms with E-state index >= 15 is 0 Å². The molecule has 150 valence electrons. The number of hydrogen-bond donors (Lipinski definition) is 1. The maximum absolute atomic E-state index is 14.5. The Hall–Kier alpha value is -2.72. The van der Waals surface area contributed by atoms with E-state index in [0.717, 1.165) is 11.8 Å². The Morgan fingerprint density at radius 3 is 2.69 bits per heavy atom. The van der Waals surface area contributed by atoms with Gasteiger partial charge in [-0.3, -0.25) is 15.1 Å². The fourth-order valence-electron chi connectivity index (χ4n) is 2.48. The van der Waals surface area contributed by atoms with Crippen molar-refractivity contribution in [3.8, 4) is 5.88 Å². The number of hydrogen-bond acceptors (Lipinski definition) is 7. The predicted octanol–water partition coefficient (Wildman–Crippen LogP) is 5.20. The number of ether oxygens (including phenoxy) is 1. The molecule has 0 saturated heterocycles. The Kier molecular flexibility index (Phi) is 6.99. The van der Waals surface area contributed by atoms with Crippen LogP contribution in [0.15, 0.2) is 58.2 Å². The Bertz CT molecular complexity index is 1020. The van der Waals surface area contributed by atoms with Gasteiger partial charge in [0, 0.05) is 16.8 Å². The molecule has 2 heterocycles. The average Bonchev–Trinajstić information content (AvgIpc) is 2.72. The highest BCUT2D eigenvalue weighted by Crippen LogP contribution is 2.37. The molecule has 10 heteroatoms. The average molecular weight is 479 g/mol. The molecule has 3 rings (SSSR count). The second kappa shape index (κ2) is 9.66. The van der Waals surface area contributed by atoms with Gasteiger partial charge in [0.2, 0.25) is 5.88 Å². The minimum atomic E-state index is -0.577. The van der Waals surface area contributed by atoms with Crippen molar-refractivity contribution in [2.45, 2.75) is 17.2 Å². The minimum Gasteiger partial charge on any atom is -0.480 e. The van der Waals surface area contributed by atoms with E-state index in [0.29, 0.717) is 10.6 Å². The Balaban J connectivity index is 1.72. The van der Waals surface area contributed by atoms with Crippen LogP contribution in [0.5, 0.6) is 5.88 Å². The SMILES string of the molecule is COc1ncc([N+](=O)[O-])c(NCc2ncc(SCc3ccccc3)cc2F)c1Br. The van der Waals surface area contributed by atoms with E-state index in [1.165, 1.54) is 24.9 Å².